The van der Waals surface area contributed by atoms with E-state index in [2.05, 4.69) is 60.3 Å². The van der Waals surface area contributed by atoms with Crippen molar-refractivity contribution in [3.63, 3.8) is 0 Å². The first-order valence-corrected chi connectivity index (χ1v) is 6.52. The van der Waals surface area contributed by atoms with Gasteiger partial charge in [-0.2, -0.15) is 0 Å². The lowest BCUT2D eigenvalue weighted by atomic mass is 10.0. The van der Waals surface area contributed by atoms with Crippen molar-refractivity contribution in [2.75, 3.05) is 0 Å². The number of benzene rings is 1. The van der Waals surface area contributed by atoms with Gasteiger partial charge in [0.1, 0.15) is 5.82 Å². The summed E-state index contributed by atoms with van der Waals surface area (Å²) < 4.78 is 0. The third kappa shape index (κ3) is 2.99. The first-order chi connectivity index (χ1) is 8.70. The Morgan fingerprint density at radius 2 is 2.00 bits per heavy atom. The summed E-state index contributed by atoms with van der Waals surface area (Å²) in [5.74, 6) is 0.987. The van der Waals surface area contributed by atoms with Crippen LogP contribution in [0, 0.1) is 6.92 Å². The molecule has 0 fully saturated rings. The SMILES string of the molecule is CCC(NC(C)c1ncc[nH]1)c1ccc(C)cc1. The van der Waals surface area contributed by atoms with E-state index in [-0.39, 0.29) is 6.04 Å². The van der Waals surface area contributed by atoms with E-state index in [0.29, 0.717) is 6.04 Å². The summed E-state index contributed by atoms with van der Waals surface area (Å²) in [6, 6.07) is 9.32. The van der Waals surface area contributed by atoms with Crippen molar-refractivity contribution in [3.8, 4) is 0 Å². The summed E-state index contributed by atoms with van der Waals surface area (Å²) in [6.45, 7) is 6.45. The monoisotopic (exact) mass is 243 g/mol. The van der Waals surface area contributed by atoms with Crippen molar-refractivity contribution in [3.05, 3.63) is 53.6 Å². The van der Waals surface area contributed by atoms with Gasteiger partial charge in [0.25, 0.3) is 0 Å². The van der Waals surface area contributed by atoms with Gasteiger partial charge in [-0.1, -0.05) is 36.8 Å². The molecule has 2 rings (SSSR count). The molecule has 2 unspecified atom stereocenters. The zero-order valence-electron chi connectivity index (χ0n) is 11.3. The predicted molar refractivity (Wildman–Crippen MR) is 74.3 cm³/mol. The average Bonchev–Trinajstić information content (AvgIpc) is 2.91. The molecular weight excluding hydrogens is 222 g/mol. The fourth-order valence-electron chi connectivity index (χ4n) is 2.14. The van der Waals surface area contributed by atoms with Crippen LogP contribution in [0.25, 0.3) is 0 Å². The van der Waals surface area contributed by atoms with Gasteiger partial charge in [-0.25, -0.2) is 4.98 Å². The maximum atomic E-state index is 4.29. The second kappa shape index (κ2) is 5.83. The molecule has 3 heteroatoms. The van der Waals surface area contributed by atoms with Gasteiger partial charge in [-0.15, -0.1) is 0 Å². The number of imidazole rings is 1. The summed E-state index contributed by atoms with van der Waals surface area (Å²) in [4.78, 5) is 7.45. The van der Waals surface area contributed by atoms with Crippen molar-refractivity contribution >= 4 is 0 Å². The number of nitrogens with zero attached hydrogens (tertiary/aromatic N) is 1. The summed E-state index contributed by atoms with van der Waals surface area (Å²) >= 11 is 0. The molecule has 0 aliphatic carbocycles. The van der Waals surface area contributed by atoms with Gasteiger partial charge in [0.2, 0.25) is 0 Å². The minimum atomic E-state index is 0.228. The van der Waals surface area contributed by atoms with Crippen LogP contribution in [0.1, 0.15) is 49.3 Å². The van der Waals surface area contributed by atoms with Gasteiger partial charge in [-0.05, 0) is 25.8 Å². The Morgan fingerprint density at radius 1 is 1.28 bits per heavy atom. The largest absolute Gasteiger partial charge is 0.347 e. The number of hydrogen-bond donors (Lipinski definition) is 2. The Kier molecular flexibility index (Phi) is 4.15. The number of nitrogens with one attached hydrogen (secondary N) is 2. The Bertz CT molecular complexity index is 459. The number of H-pyrrole nitrogens is 1. The molecule has 1 aromatic heterocycles. The van der Waals surface area contributed by atoms with E-state index in [0.717, 1.165) is 12.2 Å². The summed E-state index contributed by atoms with van der Waals surface area (Å²) in [6.07, 6.45) is 4.72. The molecule has 0 spiro atoms. The minimum absolute atomic E-state index is 0.228. The molecule has 18 heavy (non-hydrogen) atoms. The van der Waals surface area contributed by atoms with E-state index < -0.39 is 0 Å². The molecule has 2 N–H and O–H groups in total. The van der Waals surface area contributed by atoms with Gasteiger partial charge in [0.15, 0.2) is 0 Å². The van der Waals surface area contributed by atoms with Crippen LogP contribution < -0.4 is 5.32 Å². The van der Waals surface area contributed by atoms with Gasteiger partial charge in [-0.3, -0.25) is 0 Å². The Balaban J connectivity index is 2.07. The van der Waals surface area contributed by atoms with Crippen LogP contribution in [0.4, 0.5) is 0 Å². The summed E-state index contributed by atoms with van der Waals surface area (Å²) in [7, 11) is 0. The molecule has 3 nitrogen and oxygen atoms in total. The summed E-state index contributed by atoms with van der Waals surface area (Å²) in [5.41, 5.74) is 2.63. The van der Waals surface area contributed by atoms with E-state index in [1.807, 2.05) is 6.20 Å². The first kappa shape index (κ1) is 12.8. The maximum Gasteiger partial charge on any atom is 0.122 e. The van der Waals surface area contributed by atoms with E-state index in [4.69, 9.17) is 0 Å². The van der Waals surface area contributed by atoms with Gasteiger partial charge >= 0.3 is 0 Å². The minimum Gasteiger partial charge on any atom is -0.347 e. The second-order valence-electron chi connectivity index (χ2n) is 4.73. The van der Waals surface area contributed by atoms with Crippen molar-refractivity contribution in [1.29, 1.82) is 0 Å². The molecule has 0 saturated heterocycles. The number of aryl methyl sites for hydroxylation is 1. The average molecular weight is 243 g/mol. The molecule has 1 heterocycles. The quantitative estimate of drug-likeness (QED) is 0.843. The molecule has 2 atom stereocenters. The van der Waals surface area contributed by atoms with Gasteiger partial charge < -0.3 is 10.3 Å². The lowest BCUT2D eigenvalue weighted by Gasteiger charge is -2.21. The highest BCUT2D eigenvalue weighted by atomic mass is 15.0. The van der Waals surface area contributed by atoms with Crippen molar-refractivity contribution < 1.29 is 0 Å². The van der Waals surface area contributed by atoms with Crippen LogP contribution in [0.15, 0.2) is 36.7 Å². The third-order valence-electron chi connectivity index (χ3n) is 3.27. The standard InChI is InChI=1S/C15H21N3/c1-4-14(13-7-5-11(2)6-8-13)18-12(3)15-16-9-10-17-15/h5-10,12,14,18H,4H2,1-3H3,(H,16,17). The first-order valence-electron chi connectivity index (χ1n) is 6.52. The Labute approximate surface area is 109 Å². The fourth-order valence-corrected chi connectivity index (χ4v) is 2.14. The number of rotatable bonds is 5. The van der Waals surface area contributed by atoms with E-state index >= 15 is 0 Å². The van der Waals surface area contributed by atoms with Crippen LogP contribution in [0.5, 0.6) is 0 Å². The smallest absolute Gasteiger partial charge is 0.122 e. The van der Waals surface area contributed by atoms with Crippen LogP contribution in [0.2, 0.25) is 0 Å². The Morgan fingerprint density at radius 3 is 2.56 bits per heavy atom. The molecule has 0 radical (unpaired) electrons. The number of aromatic amines is 1. The number of aromatic nitrogens is 2. The molecule has 2 aromatic rings. The molecule has 96 valence electrons. The van der Waals surface area contributed by atoms with Crippen molar-refractivity contribution in [1.82, 2.24) is 15.3 Å². The van der Waals surface area contributed by atoms with E-state index in [1.54, 1.807) is 6.20 Å². The van der Waals surface area contributed by atoms with E-state index in [9.17, 15) is 0 Å². The number of hydrogen-bond acceptors (Lipinski definition) is 2. The maximum absolute atomic E-state index is 4.29. The highest BCUT2D eigenvalue weighted by Gasteiger charge is 2.14. The lowest BCUT2D eigenvalue weighted by molar-refractivity contribution is 0.444. The highest BCUT2D eigenvalue weighted by molar-refractivity contribution is 5.24. The molecule has 0 saturated carbocycles. The van der Waals surface area contributed by atoms with Gasteiger partial charge in [0, 0.05) is 18.4 Å². The third-order valence-corrected chi connectivity index (χ3v) is 3.27. The van der Waals surface area contributed by atoms with Crippen LogP contribution >= 0.6 is 0 Å². The predicted octanol–water partition coefficient (Wildman–Crippen LogP) is 3.52. The molecule has 0 aliphatic heterocycles. The normalized spacial score (nSPS) is 14.4. The Hall–Kier alpha value is -1.61. The topological polar surface area (TPSA) is 40.7 Å². The zero-order chi connectivity index (χ0) is 13.0. The zero-order valence-corrected chi connectivity index (χ0v) is 11.3. The van der Waals surface area contributed by atoms with E-state index in [1.165, 1.54) is 11.1 Å². The van der Waals surface area contributed by atoms with Crippen molar-refractivity contribution in [2.45, 2.75) is 39.3 Å². The molecule has 0 amide bonds. The second-order valence-corrected chi connectivity index (χ2v) is 4.73. The molecular formula is C15H21N3. The molecule has 0 bridgehead atoms. The van der Waals surface area contributed by atoms with Gasteiger partial charge in [0.05, 0.1) is 6.04 Å². The molecule has 1 aromatic carbocycles. The summed E-state index contributed by atoms with van der Waals surface area (Å²) in [5, 5.41) is 3.61. The highest BCUT2D eigenvalue weighted by Crippen LogP contribution is 2.21. The fraction of sp³-hybridized carbons (Fsp3) is 0.400. The van der Waals surface area contributed by atoms with Crippen LogP contribution in [-0.2, 0) is 0 Å². The lowest BCUT2D eigenvalue weighted by Crippen LogP contribution is -2.25. The van der Waals surface area contributed by atoms with Crippen LogP contribution in [0.3, 0.4) is 0 Å². The van der Waals surface area contributed by atoms with Crippen LogP contribution in [-0.4, -0.2) is 9.97 Å². The molecule has 0 aliphatic rings. The van der Waals surface area contributed by atoms with Crippen molar-refractivity contribution in [2.24, 2.45) is 0 Å².